The average molecular weight is 982 g/mol. The summed E-state index contributed by atoms with van der Waals surface area (Å²) in [5.41, 5.74) is 0. The van der Waals surface area contributed by atoms with Crippen molar-refractivity contribution < 1.29 is 28.6 Å². The number of carbonyl (C=O) groups excluding carboxylic acids is 3. The molecule has 0 spiro atoms. The second-order valence-corrected chi connectivity index (χ2v) is 18.4. The van der Waals surface area contributed by atoms with Gasteiger partial charge in [0.15, 0.2) is 6.10 Å². The van der Waals surface area contributed by atoms with E-state index in [9.17, 15) is 14.4 Å². The highest BCUT2D eigenvalue weighted by molar-refractivity contribution is 5.72. The number of esters is 3. The summed E-state index contributed by atoms with van der Waals surface area (Å²) in [6.45, 7) is 6.29. The van der Waals surface area contributed by atoms with Crippen LogP contribution in [0.15, 0.2) is 134 Å². The Morgan fingerprint density at radius 1 is 0.310 bits per heavy atom. The maximum atomic E-state index is 12.8. The summed E-state index contributed by atoms with van der Waals surface area (Å²) >= 11 is 0. The Balaban J connectivity index is 4.49. The van der Waals surface area contributed by atoms with Crippen molar-refractivity contribution >= 4 is 17.9 Å². The van der Waals surface area contributed by atoms with E-state index >= 15 is 0 Å². The van der Waals surface area contributed by atoms with Crippen LogP contribution in [0.4, 0.5) is 0 Å². The molecular weight excluding hydrogens is 877 g/mol. The number of hydrogen-bond acceptors (Lipinski definition) is 6. The first-order valence-corrected chi connectivity index (χ1v) is 28.7. The summed E-state index contributed by atoms with van der Waals surface area (Å²) in [5.74, 6) is -1.09. The quantitative estimate of drug-likeness (QED) is 0.0262. The second-order valence-electron chi connectivity index (χ2n) is 18.4. The van der Waals surface area contributed by atoms with E-state index in [1.807, 2.05) is 6.08 Å². The Hall–Kier alpha value is -4.45. The fourth-order valence-corrected chi connectivity index (χ4v) is 7.42. The smallest absolute Gasteiger partial charge is 0.310 e. The maximum Gasteiger partial charge on any atom is 0.310 e. The molecule has 0 aromatic rings. The summed E-state index contributed by atoms with van der Waals surface area (Å²) < 4.78 is 16.7. The molecule has 0 saturated heterocycles. The van der Waals surface area contributed by atoms with Gasteiger partial charge in [-0.3, -0.25) is 14.4 Å². The van der Waals surface area contributed by atoms with Crippen LogP contribution in [0.1, 0.15) is 239 Å². The number of hydrogen-bond donors (Lipinski definition) is 0. The molecular formula is C65H104O6. The van der Waals surface area contributed by atoms with E-state index in [0.29, 0.717) is 19.3 Å². The van der Waals surface area contributed by atoms with Crippen LogP contribution in [-0.4, -0.2) is 37.2 Å². The van der Waals surface area contributed by atoms with Crippen LogP contribution in [0.2, 0.25) is 0 Å². The summed E-state index contributed by atoms with van der Waals surface area (Å²) in [5, 5.41) is 0. The summed E-state index contributed by atoms with van der Waals surface area (Å²) in [7, 11) is 0. The number of ether oxygens (including phenoxy) is 3. The first-order chi connectivity index (χ1) is 35.0. The summed E-state index contributed by atoms with van der Waals surface area (Å²) in [6, 6.07) is 0. The van der Waals surface area contributed by atoms with Gasteiger partial charge in [-0.15, -0.1) is 0 Å². The van der Waals surface area contributed by atoms with Crippen LogP contribution in [0, 0.1) is 0 Å². The van der Waals surface area contributed by atoms with Crippen molar-refractivity contribution in [1.29, 1.82) is 0 Å². The van der Waals surface area contributed by atoms with Gasteiger partial charge in [0.1, 0.15) is 13.2 Å². The molecule has 1 atom stereocenters. The van der Waals surface area contributed by atoms with Crippen molar-refractivity contribution in [3.05, 3.63) is 134 Å². The molecule has 0 amide bonds. The Bertz CT molecular complexity index is 1550. The number of rotatable bonds is 50. The molecule has 0 saturated carbocycles. The molecule has 1 unspecified atom stereocenters. The monoisotopic (exact) mass is 981 g/mol. The molecule has 0 N–H and O–H groups in total. The highest BCUT2D eigenvalue weighted by atomic mass is 16.6. The van der Waals surface area contributed by atoms with E-state index in [2.05, 4.69) is 142 Å². The minimum Gasteiger partial charge on any atom is -0.462 e. The maximum absolute atomic E-state index is 12.8. The fraction of sp³-hybridized carbons (Fsp3) is 0.615. The van der Waals surface area contributed by atoms with E-state index in [1.165, 1.54) is 70.6 Å². The van der Waals surface area contributed by atoms with Gasteiger partial charge < -0.3 is 14.2 Å². The lowest BCUT2D eigenvalue weighted by Gasteiger charge is -2.18. The van der Waals surface area contributed by atoms with Crippen LogP contribution in [0.5, 0.6) is 0 Å². The third-order valence-corrected chi connectivity index (χ3v) is 11.7. The molecule has 0 aliphatic carbocycles. The largest absolute Gasteiger partial charge is 0.462 e. The molecule has 0 fully saturated rings. The van der Waals surface area contributed by atoms with E-state index < -0.39 is 12.1 Å². The van der Waals surface area contributed by atoms with Crippen LogP contribution < -0.4 is 0 Å². The third kappa shape index (κ3) is 56.3. The van der Waals surface area contributed by atoms with Crippen molar-refractivity contribution in [1.82, 2.24) is 0 Å². The highest BCUT2D eigenvalue weighted by Crippen LogP contribution is 2.13. The molecule has 71 heavy (non-hydrogen) atoms. The van der Waals surface area contributed by atoms with Gasteiger partial charge in [-0.05, 0) is 116 Å². The molecule has 6 nitrogen and oxygen atoms in total. The fourth-order valence-electron chi connectivity index (χ4n) is 7.42. The molecule has 0 heterocycles. The number of allylic oxidation sites excluding steroid dienone is 21. The average Bonchev–Trinajstić information content (AvgIpc) is 3.37. The lowest BCUT2D eigenvalue weighted by Crippen LogP contribution is -2.30. The van der Waals surface area contributed by atoms with Gasteiger partial charge in [0, 0.05) is 12.8 Å². The molecule has 0 aliphatic rings. The molecule has 400 valence electrons. The first-order valence-electron chi connectivity index (χ1n) is 28.7. The lowest BCUT2D eigenvalue weighted by atomic mass is 10.1. The normalized spacial score (nSPS) is 13.1. The van der Waals surface area contributed by atoms with E-state index in [1.54, 1.807) is 6.08 Å². The SMILES string of the molecule is CC/C=C\C/C=C\C/C=C\C/C=C\C/C=C\CC(=O)OC(COC(=O)CCCCCCC/C=C\C/C=C\C/C=C\CC)COC(=O)CCCCCCCCCC/C=C\C/C=C\C/C=C\CCCCCCC. The van der Waals surface area contributed by atoms with Crippen molar-refractivity contribution in [2.24, 2.45) is 0 Å². The molecule has 0 rings (SSSR count). The van der Waals surface area contributed by atoms with Gasteiger partial charge in [0.25, 0.3) is 0 Å². The highest BCUT2D eigenvalue weighted by Gasteiger charge is 2.19. The van der Waals surface area contributed by atoms with Crippen LogP contribution in [0.25, 0.3) is 0 Å². The topological polar surface area (TPSA) is 78.9 Å². The molecule has 6 heteroatoms. The zero-order chi connectivity index (χ0) is 51.4. The number of unbranched alkanes of at least 4 members (excludes halogenated alkanes) is 18. The first kappa shape index (κ1) is 66.6. The third-order valence-electron chi connectivity index (χ3n) is 11.7. The summed E-state index contributed by atoms with van der Waals surface area (Å²) in [6.07, 6.45) is 81.8. The van der Waals surface area contributed by atoms with Gasteiger partial charge >= 0.3 is 17.9 Å². The van der Waals surface area contributed by atoms with Gasteiger partial charge in [-0.2, -0.15) is 0 Å². The Morgan fingerprint density at radius 3 is 0.930 bits per heavy atom. The minimum atomic E-state index is -0.848. The van der Waals surface area contributed by atoms with Crippen LogP contribution in [0.3, 0.4) is 0 Å². The van der Waals surface area contributed by atoms with Crippen LogP contribution >= 0.6 is 0 Å². The summed E-state index contributed by atoms with van der Waals surface area (Å²) in [4.78, 5) is 38.1. The van der Waals surface area contributed by atoms with Gasteiger partial charge in [0.05, 0.1) is 6.42 Å². The van der Waals surface area contributed by atoms with Crippen molar-refractivity contribution in [2.45, 2.75) is 245 Å². The Morgan fingerprint density at radius 2 is 0.592 bits per heavy atom. The minimum absolute atomic E-state index is 0.0857. The van der Waals surface area contributed by atoms with Crippen molar-refractivity contribution in [2.75, 3.05) is 13.2 Å². The van der Waals surface area contributed by atoms with Gasteiger partial charge in [-0.25, -0.2) is 0 Å². The van der Waals surface area contributed by atoms with Gasteiger partial charge in [-0.1, -0.05) is 238 Å². The zero-order valence-electron chi connectivity index (χ0n) is 45.7. The van der Waals surface area contributed by atoms with E-state index in [0.717, 1.165) is 122 Å². The van der Waals surface area contributed by atoms with Crippen molar-refractivity contribution in [3.8, 4) is 0 Å². The van der Waals surface area contributed by atoms with Crippen LogP contribution in [-0.2, 0) is 28.6 Å². The Labute approximate surface area is 436 Å². The number of carbonyl (C=O) groups is 3. The van der Waals surface area contributed by atoms with E-state index in [-0.39, 0.29) is 31.6 Å². The zero-order valence-corrected chi connectivity index (χ0v) is 45.7. The molecule has 0 radical (unpaired) electrons. The standard InChI is InChI=1S/C65H104O6/c1-4-7-10-13-16-19-22-25-28-29-30-31-32-33-34-35-38-40-43-46-49-52-55-58-64(67)70-61-62(71-65(68)59-56-53-50-47-44-41-37-27-24-21-18-15-12-9-6-3)60-69-63(66)57-54-51-48-45-42-39-36-26-23-20-17-14-11-8-5-2/h8-9,11-12,17-18,20-22,25-27,29-30,32-33,36-37,44,47,53,56,62H,4-7,10,13-16,19,23-24,28,31,34-35,38-43,45-46,48-52,54-55,57-61H2,1-3H3/b11-8-,12-9-,20-17-,21-18-,25-22-,30-29-,33-32-,36-26-,37-27-,47-44-,56-53-. The second kappa shape index (κ2) is 58.1. The van der Waals surface area contributed by atoms with Crippen molar-refractivity contribution in [3.63, 3.8) is 0 Å². The molecule has 0 aromatic heterocycles. The Kier molecular flexibility index (Phi) is 54.5. The van der Waals surface area contributed by atoms with E-state index in [4.69, 9.17) is 14.2 Å². The van der Waals surface area contributed by atoms with Gasteiger partial charge in [0.2, 0.25) is 0 Å². The molecule has 0 aromatic carbocycles. The lowest BCUT2D eigenvalue weighted by molar-refractivity contribution is -0.166. The predicted molar refractivity (Wildman–Crippen MR) is 306 cm³/mol. The molecule has 0 aliphatic heterocycles. The predicted octanol–water partition coefficient (Wildman–Crippen LogP) is 19.4. The molecule has 0 bridgehead atoms.